The van der Waals surface area contributed by atoms with Crippen molar-refractivity contribution in [3.05, 3.63) is 65.5 Å². The van der Waals surface area contributed by atoms with Crippen LogP contribution in [-0.4, -0.2) is 44.5 Å². The van der Waals surface area contributed by atoms with Gasteiger partial charge in [-0.3, -0.25) is 9.69 Å². The summed E-state index contributed by atoms with van der Waals surface area (Å²) < 4.78 is 13.4. The third kappa shape index (κ3) is 5.07. The molecule has 0 bridgehead atoms. The molecule has 1 fully saturated rings. The van der Waals surface area contributed by atoms with Gasteiger partial charge in [0.05, 0.1) is 6.04 Å². The van der Waals surface area contributed by atoms with Crippen LogP contribution in [0.2, 0.25) is 0 Å². The van der Waals surface area contributed by atoms with Gasteiger partial charge in [0.1, 0.15) is 5.82 Å². The Labute approximate surface area is 161 Å². The van der Waals surface area contributed by atoms with Gasteiger partial charge in [-0.05, 0) is 61.8 Å². The molecule has 0 aromatic heterocycles. The normalized spacial score (nSPS) is 16.0. The minimum Gasteiger partial charge on any atom is -0.378 e. The van der Waals surface area contributed by atoms with E-state index in [-0.39, 0.29) is 11.9 Å². The van der Waals surface area contributed by atoms with Crippen molar-refractivity contribution >= 4 is 11.6 Å². The van der Waals surface area contributed by atoms with Crippen LogP contribution in [0.5, 0.6) is 0 Å². The number of hydrogen-bond donors (Lipinski definition) is 1. The molecule has 0 aliphatic carbocycles. The molecule has 1 atom stereocenters. The van der Waals surface area contributed by atoms with Crippen molar-refractivity contribution in [2.45, 2.75) is 25.3 Å². The van der Waals surface area contributed by atoms with Crippen molar-refractivity contribution < 1.29 is 9.18 Å². The monoisotopic (exact) mass is 369 g/mol. The molecule has 1 aliphatic heterocycles. The zero-order chi connectivity index (χ0) is 19.2. The van der Waals surface area contributed by atoms with E-state index < -0.39 is 5.82 Å². The van der Waals surface area contributed by atoms with Crippen molar-refractivity contribution in [2.75, 3.05) is 38.6 Å². The fourth-order valence-corrected chi connectivity index (χ4v) is 3.60. The molecule has 1 aliphatic rings. The van der Waals surface area contributed by atoms with Crippen molar-refractivity contribution in [1.29, 1.82) is 0 Å². The Kier molecular flexibility index (Phi) is 6.45. The highest BCUT2D eigenvalue weighted by Crippen LogP contribution is 2.26. The van der Waals surface area contributed by atoms with E-state index in [2.05, 4.69) is 39.4 Å². The highest BCUT2D eigenvalue weighted by Gasteiger charge is 2.23. The molecule has 0 radical (unpaired) electrons. The van der Waals surface area contributed by atoms with Crippen LogP contribution >= 0.6 is 0 Å². The number of carbonyl (C=O) groups excluding carboxylic acids is 1. The van der Waals surface area contributed by atoms with Gasteiger partial charge in [-0.15, -0.1) is 0 Å². The summed E-state index contributed by atoms with van der Waals surface area (Å²) in [5, 5.41) is 3.00. The summed E-state index contributed by atoms with van der Waals surface area (Å²) in [6.07, 6.45) is 3.63. The number of amides is 1. The summed E-state index contributed by atoms with van der Waals surface area (Å²) in [5.74, 6) is -0.629. The number of anilines is 1. The highest BCUT2D eigenvalue weighted by molar-refractivity contribution is 5.94. The predicted molar refractivity (Wildman–Crippen MR) is 108 cm³/mol. The van der Waals surface area contributed by atoms with Crippen molar-refractivity contribution in [3.63, 3.8) is 0 Å². The number of nitrogens with zero attached hydrogens (tertiary/aromatic N) is 2. The Bertz CT molecular complexity index is 754. The van der Waals surface area contributed by atoms with Crippen LogP contribution in [-0.2, 0) is 0 Å². The molecule has 1 heterocycles. The fourth-order valence-electron chi connectivity index (χ4n) is 3.60. The average Bonchev–Trinajstić information content (AvgIpc) is 2.69. The van der Waals surface area contributed by atoms with Gasteiger partial charge in [-0.25, -0.2) is 4.39 Å². The number of halogens is 1. The standard InChI is InChI=1S/C22H28FN3O/c1-25(2)20-11-9-17(10-12-20)21(26-13-4-3-5-14-26)16-24-22(27)18-7-6-8-19(23)15-18/h6-12,15,21H,3-5,13-14,16H2,1-2H3,(H,24,27). The van der Waals surface area contributed by atoms with Gasteiger partial charge >= 0.3 is 0 Å². The lowest BCUT2D eigenvalue weighted by molar-refractivity contribution is 0.0924. The number of nitrogens with one attached hydrogen (secondary N) is 1. The van der Waals surface area contributed by atoms with E-state index in [0.29, 0.717) is 12.1 Å². The summed E-state index contributed by atoms with van der Waals surface area (Å²) in [4.78, 5) is 17.0. The van der Waals surface area contributed by atoms with E-state index in [1.807, 2.05) is 14.1 Å². The summed E-state index contributed by atoms with van der Waals surface area (Å²) in [6, 6.07) is 14.5. The highest BCUT2D eigenvalue weighted by atomic mass is 19.1. The molecule has 1 unspecified atom stereocenters. The van der Waals surface area contributed by atoms with Crippen LogP contribution < -0.4 is 10.2 Å². The summed E-state index contributed by atoms with van der Waals surface area (Å²) in [7, 11) is 4.05. The van der Waals surface area contributed by atoms with Gasteiger partial charge < -0.3 is 10.2 Å². The molecule has 4 nitrogen and oxygen atoms in total. The molecule has 1 saturated heterocycles. The Morgan fingerprint density at radius 1 is 1.11 bits per heavy atom. The summed E-state index contributed by atoms with van der Waals surface area (Å²) in [5.41, 5.74) is 2.71. The summed E-state index contributed by atoms with van der Waals surface area (Å²) >= 11 is 0. The van der Waals surface area contributed by atoms with Crippen LogP contribution in [0.3, 0.4) is 0 Å². The molecule has 1 N–H and O–H groups in total. The van der Waals surface area contributed by atoms with E-state index in [9.17, 15) is 9.18 Å². The minimum atomic E-state index is -0.394. The maximum atomic E-state index is 13.4. The van der Waals surface area contributed by atoms with E-state index >= 15 is 0 Å². The smallest absolute Gasteiger partial charge is 0.251 e. The van der Waals surface area contributed by atoms with Gasteiger partial charge in [0.15, 0.2) is 0 Å². The third-order valence-corrected chi connectivity index (χ3v) is 5.17. The molecular weight excluding hydrogens is 341 g/mol. The Morgan fingerprint density at radius 3 is 2.44 bits per heavy atom. The quantitative estimate of drug-likeness (QED) is 0.840. The Hall–Kier alpha value is -2.40. The topological polar surface area (TPSA) is 35.6 Å². The van der Waals surface area contributed by atoms with Crippen LogP contribution in [0.15, 0.2) is 48.5 Å². The maximum absolute atomic E-state index is 13.4. The Balaban J connectivity index is 1.74. The van der Waals surface area contributed by atoms with Gasteiger partial charge in [0, 0.05) is 31.9 Å². The molecular formula is C22H28FN3O. The van der Waals surface area contributed by atoms with E-state index in [4.69, 9.17) is 0 Å². The average molecular weight is 369 g/mol. The maximum Gasteiger partial charge on any atom is 0.251 e. The molecule has 1 amide bonds. The number of piperidine rings is 1. The van der Waals surface area contributed by atoms with E-state index in [0.717, 1.165) is 18.8 Å². The first-order valence-corrected chi connectivity index (χ1v) is 9.60. The van der Waals surface area contributed by atoms with E-state index in [1.54, 1.807) is 12.1 Å². The number of rotatable bonds is 6. The predicted octanol–water partition coefficient (Wildman–Crippen LogP) is 3.85. The van der Waals surface area contributed by atoms with Crippen LogP contribution in [0.4, 0.5) is 10.1 Å². The van der Waals surface area contributed by atoms with Crippen LogP contribution in [0, 0.1) is 5.82 Å². The number of carbonyl (C=O) groups is 1. The Morgan fingerprint density at radius 2 is 1.81 bits per heavy atom. The van der Waals surface area contributed by atoms with Crippen LogP contribution in [0.25, 0.3) is 0 Å². The molecule has 2 aromatic rings. The largest absolute Gasteiger partial charge is 0.378 e. The number of benzene rings is 2. The van der Waals surface area contributed by atoms with Gasteiger partial charge in [0.25, 0.3) is 5.91 Å². The summed E-state index contributed by atoms with van der Waals surface area (Å²) in [6.45, 7) is 2.59. The molecule has 3 rings (SSSR count). The second-order valence-corrected chi connectivity index (χ2v) is 7.32. The zero-order valence-corrected chi connectivity index (χ0v) is 16.1. The number of likely N-dealkylation sites (tertiary alicyclic amines) is 1. The lowest BCUT2D eigenvalue weighted by Gasteiger charge is -2.35. The lowest BCUT2D eigenvalue weighted by atomic mass is 10.0. The molecule has 2 aromatic carbocycles. The minimum absolute atomic E-state index is 0.124. The third-order valence-electron chi connectivity index (χ3n) is 5.17. The molecule has 0 saturated carbocycles. The first-order chi connectivity index (χ1) is 13.0. The van der Waals surface area contributed by atoms with Gasteiger partial charge in [-0.2, -0.15) is 0 Å². The fraction of sp³-hybridized carbons (Fsp3) is 0.409. The molecule has 0 spiro atoms. The zero-order valence-electron chi connectivity index (χ0n) is 16.1. The van der Waals surface area contributed by atoms with Crippen molar-refractivity contribution in [2.24, 2.45) is 0 Å². The van der Waals surface area contributed by atoms with Crippen LogP contribution in [0.1, 0.15) is 41.2 Å². The SMILES string of the molecule is CN(C)c1ccc(C(CNC(=O)c2cccc(F)c2)N2CCCCC2)cc1. The first-order valence-electron chi connectivity index (χ1n) is 9.60. The number of hydrogen-bond acceptors (Lipinski definition) is 3. The molecule has 144 valence electrons. The first kappa shape index (κ1) is 19.4. The molecule has 5 heteroatoms. The lowest BCUT2D eigenvalue weighted by Crippen LogP contribution is -2.40. The molecule has 27 heavy (non-hydrogen) atoms. The second-order valence-electron chi connectivity index (χ2n) is 7.32. The van der Waals surface area contributed by atoms with E-state index in [1.165, 1.54) is 37.0 Å². The second kappa shape index (κ2) is 9.00. The van der Waals surface area contributed by atoms with Crippen molar-refractivity contribution in [1.82, 2.24) is 10.2 Å². The van der Waals surface area contributed by atoms with Gasteiger partial charge in [0.2, 0.25) is 0 Å². The van der Waals surface area contributed by atoms with Gasteiger partial charge in [-0.1, -0.05) is 24.6 Å². The van der Waals surface area contributed by atoms with Crippen molar-refractivity contribution in [3.8, 4) is 0 Å².